The number of nitrogens with zero attached hydrogens (tertiary/aromatic N) is 2. The van der Waals surface area contributed by atoms with Gasteiger partial charge < -0.3 is 15.8 Å². The van der Waals surface area contributed by atoms with Gasteiger partial charge in [0.25, 0.3) is 0 Å². The molecule has 3 rings (SSSR count). The number of ether oxygens (including phenoxy) is 1. The number of fused-ring (bicyclic) bond motifs is 1. The third-order valence-electron chi connectivity index (χ3n) is 4.23. The van der Waals surface area contributed by atoms with Crippen LogP contribution in [0.3, 0.4) is 0 Å². The molecule has 1 amide bonds. The lowest BCUT2D eigenvalue weighted by Gasteiger charge is -2.32. The van der Waals surface area contributed by atoms with Gasteiger partial charge in [0.05, 0.1) is 24.3 Å². The standard InChI is InChI=1S/C17H22N4O2/c1-12(21-6-8-23-9-7-21)11-19-16-10-14(17(18)22)13-4-2-3-5-15(13)20-16/h2-5,10,12H,6-9,11H2,1H3,(H2,18,22)(H,19,20)/t12-/m1/s1. The molecule has 1 aliphatic rings. The molecule has 0 radical (unpaired) electrons. The van der Waals surface area contributed by atoms with Crippen molar-refractivity contribution in [3.63, 3.8) is 0 Å². The molecule has 0 bridgehead atoms. The molecular weight excluding hydrogens is 292 g/mol. The normalized spacial score (nSPS) is 17.1. The van der Waals surface area contributed by atoms with Gasteiger partial charge in [-0.3, -0.25) is 9.69 Å². The van der Waals surface area contributed by atoms with Crippen molar-refractivity contribution in [2.75, 3.05) is 38.2 Å². The Morgan fingerprint density at radius 3 is 2.87 bits per heavy atom. The number of amides is 1. The Labute approximate surface area is 135 Å². The van der Waals surface area contributed by atoms with Crippen LogP contribution in [0.2, 0.25) is 0 Å². The minimum atomic E-state index is -0.437. The molecule has 1 aliphatic heterocycles. The maximum atomic E-state index is 11.7. The first-order valence-corrected chi connectivity index (χ1v) is 7.90. The third kappa shape index (κ3) is 3.60. The summed E-state index contributed by atoms with van der Waals surface area (Å²) in [6.07, 6.45) is 0. The molecule has 2 aromatic rings. The lowest BCUT2D eigenvalue weighted by molar-refractivity contribution is 0.0227. The SMILES string of the molecule is C[C@H](CNc1cc(C(N)=O)c2ccccc2n1)N1CCOCC1. The van der Waals surface area contributed by atoms with E-state index < -0.39 is 5.91 Å². The molecule has 6 nitrogen and oxygen atoms in total. The molecule has 6 heteroatoms. The van der Waals surface area contributed by atoms with E-state index in [1.54, 1.807) is 6.07 Å². The van der Waals surface area contributed by atoms with Crippen molar-refractivity contribution in [3.05, 3.63) is 35.9 Å². The van der Waals surface area contributed by atoms with Crippen LogP contribution in [-0.4, -0.2) is 54.7 Å². The van der Waals surface area contributed by atoms with Gasteiger partial charge in [-0.1, -0.05) is 18.2 Å². The summed E-state index contributed by atoms with van der Waals surface area (Å²) in [4.78, 5) is 18.7. The van der Waals surface area contributed by atoms with E-state index in [1.807, 2.05) is 24.3 Å². The predicted molar refractivity (Wildman–Crippen MR) is 90.6 cm³/mol. The van der Waals surface area contributed by atoms with Crippen molar-refractivity contribution >= 4 is 22.6 Å². The fraction of sp³-hybridized carbons (Fsp3) is 0.412. The number of nitrogens with one attached hydrogen (secondary N) is 1. The molecular formula is C17H22N4O2. The van der Waals surface area contributed by atoms with Crippen LogP contribution in [0.25, 0.3) is 10.9 Å². The van der Waals surface area contributed by atoms with Gasteiger partial charge >= 0.3 is 0 Å². The van der Waals surface area contributed by atoms with Gasteiger partial charge in [-0.05, 0) is 19.1 Å². The van der Waals surface area contributed by atoms with Crippen LogP contribution in [0, 0.1) is 0 Å². The number of hydrogen-bond acceptors (Lipinski definition) is 5. The summed E-state index contributed by atoms with van der Waals surface area (Å²) in [5.74, 6) is 0.241. The fourth-order valence-corrected chi connectivity index (χ4v) is 2.87. The maximum absolute atomic E-state index is 11.7. The minimum Gasteiger partial charge on any atom is -0.379 e. The molecule has 1 fully saturated rings. The first kappa shape index (κ1) is 15.7. The van der Waals surface area contributed by atoms with E-state index in [4.69, 9.17) is 10.5 Å². The van der Waals surface area contributed by atoms with Gasteiger partial charge in [0.15, 0.2) is 0 Å². The first-order valence-electron chi connectivity index (χ1n) is 7.90. The van der Waals surface area contributed by atoms with Crippen molar-refractivity contribution in [2.45, 2.75) is 13.0 Å². The first-order chi connectivity index (χ1) is 11.1. The third-order valence-corrected chi connectivity index (χ3v) is 4.23. The van der Waals surface area contributed by atoms with Crippen LogP contribution in [-0.2, 0) is 4.74 Å². The summed E-state index contributed by atoms with van der Waals surface area (Å²) in [5, 5.41) is 4.11. The Morgan fingerprint density at radius 1 is 1.39 bits per heavy atom. The van der Waals surface area contributed by atoms with Crippen molar-refractivity contribution in [3.8, 4) is 0 Å². The smallest absolute Gasteiger partial charge is 0.249 e. The number of rotatable bonds is 5. The number of hydrogen-bond donors (Lipinski definition) is 2. The van der Waals surface area contributed by atoms with E-state index in [2.05, 4.69) is 22.1 Å². The highest BCUT2D eigenvalue weighted by molar-refractivity contribution is 6.06. The number of carbonyl (C=O) groups is 1. The Hall–Kier alpha value is -2.18. The largest absolute Gasteiger partial charge is 0.379 e. The van der Waals surface area contributed by atoms with Gasteiger partial charge in [0.1, 0.15) is 5.82 Å². The summed E-state index contributed by atoms with van der Waals surface area (Å²) in [6, 6.07) is 9.63. The Kier molecular flexibility index (Phi) is 4.73. The van der Waals surface area contributed by atoms with Crippen molar-refractivity contribution < 1.29 is 9.53 Å². The number of pyridine rings is 1. The average molecular weight is 314 g/mol. The molecule has 0 saturated carbocycles. The van der Waals surface area contributed by atoms with E-state index >= 15 is 0 Å². The lowest BCUT2D eigenvalue weighted by Crippen LogP contribution is -2.45. The number of carbonyl (C=O) groups excluding carboxylic acids is 1. The van der Waals surface area contributed by atoms with Gasteiger partial charge in [-0.25, -0.2) is 4.98 Å². The second kappa shape index (κ2) is 6.93. The second-order valence-electron chi connectivity index (χ2n) is 5.81. The molecule has 23 heavy (non-hydrogen) atoms. The lowest BCUT2D eigenvalue weighted by atomic mass is 10.1. The van der Waals surface area contributed by atoms with Crippen LogP contribution in [0.5, 0.6) is 0 Å². The molecule has 3 N–H and O–H groups in total. The summed E-state index contributed by atoms with van der Waals surface area (Å²) in [7, 11) is 0. The topological polar surface area (TPSA) is 80.5 Å². The molecule has 0 aliphatic carbocycles. The number of benzene rings is 1. The zero-order valence-electron chi connectivity index (χ0n) is 13.3. The summed E-state index contributed by atoms with van der Waals surface area (Å²) in [5.41, 5.74) is 6.77. The Bertz CT molecular complexity index is 698. The maximum Gasteiger partial charge on any atom is 0.249 e. The summed E-state index contributed by atoms with van der Waals surface area (Å²) < 4.78 is 5.38. The highest BCUT2D eigenvalue weighted by Gasteiger charge is 2.17. The number of primary amides is 1. The number of nitrogens with two attached hydrogens (primary N) is 1. The van der Waals surface area contributed by atoms with Crippen molar-refractivity contribution in [1.29, 1.82) is 0 Å². The quantitative estimate of drug-likeness (QED) is 0.873. The molecule has 1 aromatic heterocycles. The van der Waals surface area contributed by atoms with E-state index in [1.165, 1.54) is 0 Å². The zero-order chi connectivity index (χ0) is 16.2. The van der Waals surface area contributed by atoms with Crippen LogP contribution in [0.1, 0.15) is 17.3 Å². The van der Waals surface area contributed by atoms with E-state index in [0.29, 0.717) is 17.4 Å². The Balaban J connectivity index is 1.76. The monoisotopic (exact) mass is 314 g/mol. The number of anilines is 1. The van der Waals surface area contributed by atoms with Crippen LogP contribution >= 0.6 is 0 Å². The fourth-order valence-electron chi connectivity index (χ4n) is 2.87. The van der Waals surface area contributed by atoms with E-state index in [0.717, 1.165) is 43.8 Å². The highest BCUT2D eigenvalue weighted by Crippen LogP contribution is 2.20. The van der Waals surface area contributed by atoms with Crippen LogP contribution in [0.4, 0.5) is 5.82 Å². The molecule has 1 atom stereocenters. The predicted octanol–water partition coefficient (Wildman–Crippen LogP) is 1.47. The number of aromatic nitrogens is 1. The summed E-state index contributed by atoms with van der Waals surface area (Å²) in [6.45, 7) is 6.38. The number of morpholine rings is 1. The molecule has 122 valence electrons. The molecule has 2 heterocycles. The van der Waals surface area contributed by atoms with E-state index in [-0.39, 0.29) is 0 Å². The number of para-hydroxylation sites is 1. The minimum absolute atomic E-state index is 0.365. The summed E-state index contributed by atoms with van der Waals surface area (Å²) >= 11 is 0. The van der Waals surface area contributed by atoms with Crippen molar-refractivity contribution in [2.24, 2.45) is 5.73 Å². The molecule has 1 aromatic carbocycles. The van der Waals surface area contributed by atoms with Gasteiger partial charge in [-0.2, -0.15) is 0 Å². The average Bonchev–Trinajstić information content (AvgIpc) is 2.59. The molecule has 1 saturated heterocycles. The van der Waals surface area contributed by atoms with Gasteiger partial charge in [0.2, 0.25) is 5.91 Å². The van der Waals surface area contributed by atoms with Gasteiger partial charge in [0, 0.05) is 31.1 Å². The van der Waals surface area contributed by atoms with Crippen molar-refractivity contribution in [1.82, 2.24) is 9.88 Å². The zero-order valence-corrected chi connectivity index (χ0v) is 13.3. The Morgan fingerprint density at radius 2 is 2.13 bits per heavy atom. The second-order valence-corrected chi connectivity index (χ2v) is 5.81. The molecule has 0 spiro atoms. The van der Waals surface area contributed by atoms with Crippen LogP contribution < -0.4 is 11.1 Å². The van der Waals surface area contributed by atoms with Gasteiger partial charge in [-0.15, -0.1) is 0 Å². The molecule has 0 unspecified atom stereocenters. The van der Waals surface area contributed by atoms with Crippen LogP contribution in [0.15, 0.2) is 30.3 Å². The van der Waals surface area contributed by atoms with E-state index in [9.17, 15) is 4.79 Å². The highest BCUT2D eigenvalue weighted by atomic mass is 16.5.